The first kappa shape index (κ1) is 15.8. The molecule has 0 radical (unpaired) electrons. The van der Waals surface area contributed by atoms with Crippen molar-refractivity contribution in [3.05, 3.63) is 0 Å². The van der Waals surface area contributed by atoms with E-state index in [0.29, 0.717) is 5.91 Å². The maximum absolute atomic E-state index is 12.4. The Kier molecular flexibility index (Phi) is 7.02. The van der Waals surface area contributed by atoms with Gasteiger partial charge in [0.15, 0.2) is 0 Å². The zero-order valence-corrected chi connectivity index (χ0v) is 12.3. The summed E-state index contributed by atoms with van der Waals surface area (Å²) in [6, 6.07) is 0. The zero-order chi connectivity index (χ0) is 12.1. The van der Waals surface area contributed by atoms with E-state index in [1.165, 1.54) is 25.7 Å². The van der Waals surface area contributed by atoms with Crippen molar-refractivity contribution in [2.75, 3.05) is 26.2 Å². The molecule has 0 aromatic carbocycles. The lowest BCUT2D eigenvalue weighted by atomic mass is 9.91. The van der Waals surface area contributed by atoms with E-state index in [4.69, 9.17) is 0 Å². The quantitative estimate of drug-likeness (QED) is 0.857. The summed E-state index contributed by atoms with van der Waals surface area (Å²) in [5.41, 5.74) is 0. The largest absolute Gasteiger partial charge is 0.342 e. The van der Waals surface area contributed by atoms with Gasteiger partial charge in [-0.25, -0.2) is 0 Å². The third-order valence-corrected chi connectivity index (χ3v) is 4.17. The number of hydrogen-bond acceptors (Lipinski definition) is 2. The van der Waals surface area contributed by atoms with Crippen LogP contribution < -0.4 is 5.32 Å². The molecule has 106 valence electrons. The van der Waals surface area contributed by atoms with Crippen LogP contribution in [0.1, 0.15) is 45.4 Å². The van der Waals surface area contributed by atoms with Crippen molar-refractivity contribution in [2.24, 2.45) is 11.8 Å². The van der Waals surface area contributed by atoms with E-state index < -0.39 is 0 Å². The maximum atomic E-state index is 12.4. The normalized spacial score (nSPS) is 28.6. The van der Waals surface area contributed by atoms with Crippen molar-refractivity contribution < 1.29 is 4.79 Å². The Labute approximate surface area is 117 Å². The molecule has 2 heterocycles. The van der Waals surface area contributed by atoms with Gasteiger partial charge in [-0.05, 0) is 44.6 Å². The van der Waals surface area contributed by atoms with Gasteiger partial charge in [-0.1, -0.05) is 13.3 Å². The van der Waals surface area contributed by atoms with Gasteiger partial charge in [0.05, 0.1) is 5.92 Å². The van der Waals surface area contributed by atoms with Gasteiger partial charge in [0.2, 0.25) is 5.91 Å². The van der Waals surface area contributed by atoms with Crippen LogP contribution in [0.15, 0.2) is 0 Å². The molecule has 3 nitrogen and oxygen atoms in total. The highest BCUT2D eigenvalue weighted by atomic mass is 35.5. The Morgan fingerprint density at radius 2 is 2.17 bits per heavy atom. The molecular formula is C14H27ClN2O. The summed E-state index contributed by atoms with van der Waals surface area (Å²) in [4.78, 5) is 14.5. The summed E-state index contributed by atoms with van der Waals surface area (Å²) < 4.78 is 0. The molecule has 18 heavy (non-hydrogen) atoms. The van der Waals surface area contributed by atoms with Crippen molar-refractivity contribution in [2.45, 2.75) is 45.4 Å². The fourth-order valence-electron chi connectivity index (χ4n) is 3.23. The minimum absolute atomic E-state index is 0. The van der Waals surface area contributed by atoms with Gasteiger partial charge in [0.1, 0.15) is 0 Å². The van der Waals surface area contributed by atoms with Gasteiger partial charge in [-0.15, -0.1) is 12.4 Å². The number of carbonyl (C=O) groups excluding carboxylic acids is 1. The molecule has 0 saturated carbocycles. The molecule has 2 unspecified atom stereocenters. The lowest BCUT2D eigenvalue weighted by Crippen LogP contribution is -2.46. The van der Waals surface area contributed by atoms with Crippen molar-refractivity contribution in [1.29, 1.82) is 0 Å². The molecule has 2 aliphatic rings. The van der Waals surface area contributed by atoms with Crippen LogP contribution in [-0.4, -0.2) is 37.0 Å². The standard InChI is InChI=1S/C14H26N2O.ClH/c1-2-5-12-6-4-9-16(11-12)14(17)13-7-3-8-15-10-13;/h12-13,15H,2-11H2,1H3;1H. The van der Waals surface area contributed by atoms with Crippen molar-refractivity contribution >= 4 is 18.3 Å². The molecule has 1 N–H and O–H groups in total. The smallest absolute Gasteiger partial charge is 0.226 e. The first-order chi connectivity index (χ1) is 8.31. The second-order valence-electron chi connectivity index (χ2n) is 5.62. The minimum atomic E-state index is 0. The Balaban J connectivity index is 0.00000162. The molecular weight excluding hydrogens is 248 g/mol. The summed E-state index contributed by atoms with van der Waals surface area (Å²) in [7, 11) is 0. The number of amides is 1. The number of carbonyl (C=O) groups is 1. The molecule has 2 rings (SSSR count). The third-order valence-electron chi connectivity index (χ3n) is 4.17. The summed E-state index contributed by atoms with van der Waals surface area (Å²) in [6.07, 6.45) is 7.30. The van der Waals surface area contributed by atoms with Gasteiger partial charge in [0, 0.05) is 19.6 Å². The second-order valence-corrected chi connectivity index (χ2v) is 5.62. The number of likely N-dealkylation sites (tertiary alicyclic amines) is 1. The maximum Gasteiger partial charge on any atom is 0.226 e. The van der Waals surface area contributed by atoms with E-state index in [9.17, 15) is 4.79 Å². The molecule has 0 aromatic rings. The van der Waals surface area contributed by atoms with Crippen molar-refractivity contribution in [3.8, 4) is 0 Å². The Bertz CT molecular complexity index is 252. The molecule has 0 spiro atoms. The topological polar surface area (TPSA) is 32.3 Å². The average molecular weight is 275 g/mol. The molecule has 0 aliphatic carbocycles. The van der Waals surface area contributed by atoms with Gasteiger partial charge in [-0.3, -0.25) is 4.79 Å². The predicted octanol–water partition coefficient (Wildman–Crippen LogP) is 2.45. The lowest BCUT2D eigenvalue weighted by Gasteiger charge is -2.36. The van der Waals surface area contributed by atoms with E-state index in [2.05, 4.69) is 17.1 Å². The number of rotatable bonds is 3. The Hall–Kier alpha value is -0.280. The zero-order valence-electron chi connectivity index (χ0n) is 11.5. The number of nitrogens with zero attached hydrogens (tertiary/aromatic N) is 1. The first-order valence-electron chi connectivity index (χ1n) is 7.30. The van der Waals surface area contributed by atoms with Crippen LogP contribution in [0.4, 0.5) is 0 Å². The SMILES string of the molecule is CCCC1CCCN(C(=O)C2CCCNC2)C1.Cl. The van der Waals surface area contributed by atoms with Crippen molar-refractivity contribution in [1.82, 2.24) is 10.2 Å². The Morgan fingerprint density at radius 1 is 1.33 bits per heavy atom. The number of piperidine rings is 2. The average Bonchev–Trinajstić information content (AvgIpc) is 2.40. The fraction of sp³-hybridized carbons (Fsp3) is 0.929. The van der Waals surface area contributed by atoms with Gasteiger partial charge >= 0.3 is 0 Å². The van der Waals surface area contributed by atoms with Gasteiger partial charge in [0.25, 0.3) is 0 Å². The van der Waals surface area contributed by atoms with Crippen molar-refractivity contribution in [3.63, 3.8) is 0 Å². The second kappa shape index (κ2) is 8.00. The van der Waals surface area contributed by atoms with Crippen LogP contribution in [0.5, 0.6) is 0 Å². The van der Waals surface area contributed by atoms with E-state index >= 15 is 0 Å². The molecule has 1 amide bonds. The van der Waals surface area contributed by atoms with Gasteiger partial charge in [-0.2, -0.15) is 0 Å². The highest BCUT2D eigenvalue weighted by molar-refractivity contribution is 5.85. The summed E-state index contributed by atoms with van der Waals surface area (Å²) in [5.74, 6) is 1.43. The van der Waals surface area contributed by atoms with E-state index in [1.54, 1.807) is 0 Å². The molecule has 2 atom stereocenters. The van der Waals surface area contributed by atoms with Crippen LogP contribution in [0, 0.1) is 11.8 Å². The molecule has 0 bridgehead atoms. The monoisotopic (exact) mass is 274 g/mol. The fourth-order valence-corrected chi connectivity index (χ4v) is 3.23. The first-order valence-corrected chi connectivity index (χ1v) is 7.30. The van der Waals surface area contributed by atoms with Crippen LogP contribution in [0.3, 0.4) is 0 Å². The minimum Gasteiger partial charge on any atom is -0.342 e. The summed E-state index contributed by atoms with van der Waals surface area (Å²) >= 11 is 0. The third kappa shape index (κ3) is 4.13. The molecule has 0 aromatic heterocycles. The van der Waals surface area contributed by atoms with Crippen LogP contribution in [0.25, 0.3) is 0 Å². The van der Waals surface area contributed by atoms with Crippen LogP contribution >= 0.6 is 12.4 Å². The highest BCUT2D eigenvalue weighted by Crippen LogP contribution is 2.23. The number of nitrogens with one attached hydrogen (secondary N) is 1. The van der Waals surface area contributed by atoms with E-state index in [-0.39, 0.29) is 18.3 Å². The van der Waals surface area contributed by atoms with Crippen LogP contribution in [-0.2, 0) is 4.79 Å². The van der Waals surface area contributed by atoms with Crippen LogP contribution in [0.2, 0.25) is 0 Å². The molecule has 2 fully saturated rings. The summed E-state index contributed by atoms with van der Waals surface area (Å²) in [6.45, 7) is 6.24. The Morgan fingerprint density at radius 3 is 2.83 bits per heavy atom. The summed E-state index contributed by atoms with van der Waals surface area (Å²) in [5, 5.41) is 3.34. The van der Waals surface area contributed by atoms with E-state index in [1.807, 2.05) is 0 Å². The molecule has 4 heteroatoms. The molecule has 2 aliphatic heterocycles. The number of halogens is 1. The van der Waals surface area contributed by atoms with E-state index in [0.717, 1.165) is 44.9 Å². The predicted molar refractivity (Wildman–Crippen MR) is 77.1 cm³/mol. The number of hydrogen-bond donors (Lipinski definition) is 1. The lowest BCUT2D eigenvalue weighted by molar-refractivity contribution is -0.138. The molecule has 2 saturated heterocycles. The highest BCUT2D eigenvalue weighted by Gasteiger charge is 2.29. The van der Waals surface area contributed by atoms with Gasteiger partial charge < -0.3 is 10.2 Å².